The highest BCUT2D eigenvalue weighted by Gasteiger charge is 2.53. The lowest BCUT2D eigenvalue weighted by atomic mass is 9.60. The molecule has 36 heavy (non-hydrogen) atoms. The Morgan fingerprint density at radius 3 is 2.42 bits per heavy atom. The van der Waals surface area contributed by atoms with Crippen molar-refractivity contribution in [2.24, 2.45) is 5.41 Å². The molecule has 2 aliphatic carbocycles. The molecule has 0 aromatic heterocycles. The van der Waals surface area contributed by atoms with Crippen LogP contribution >= 0.6 is 0 Å². The fraction of sp³-hybridized carbons (Fsp3) is 0.406. The van der Waals surface area contributed by atoms with Gasteiger partial charge in [0.1, 0.15) is 0 Å². The molecule has 1 aliphatic heterocycles. The van der Waals surface area contributed by atoms with Gasteiger partial charge in [-0.1, -0.05) is 72.8 Å². The largest absolute Gasteiger partial charge is 0.398 e. The summed E-state index contributed by atoms with van der Waals surface area (Å²) in [7, 11) is 0. The molecule has 4 nitrogen and oxygen atoms in total. The van der Waals surface area contributed by atoms with Gasteiger partial charge in [0.05, 0.1) is 0 Å². The van der Waals surface area contributed by atoms with Gasteiger partial charge in [-0.25, -0.2) is 0 Å². The lowest BCUT2D eigenvalue weighted by molar-refractivity contribution is -0.0790. The number of ketones is 1. The first kappa shape index (κ1) is 23.4. The number of Topliss-reactive ketones (excluding diaryl/α,β-unsaturated/α-hetero) is 1. The van der Waals surface area contributed by atoms with Gasteiger partial charge in [-0.2, -0.15) is 0 Å². The molecule has 4 heteroatoms. The highest BCUT2D eigenvalue weighted by Crippen LogP contribution is 2.50. The number of hydrogen-bond donors (Lipinski definition) is 2. The summed E-state index contributed by atoms with van der Waals surface area (Å²) < 4.78 is 0. The number of nitrogens with zero attached hydrogens (tertiary/aromatic N) is 1. The van der Waals surface area contributed by atoms with Crippen LogP contribution in [-0.4, -0.2) is 42.4 Å². The van der Waals surface area contributed by atoms with E-state index in [-0.39, 0.29) is 5.78 Å². The number of nitrogens with two attached hydrogens (primary N) is 1. The number of nitrogens with one attached hydrogen (secondary N) is 1. The van der Waals surface area contributed by atoms with E-state index in [1.165, 1.54) is 56.4 Å². The normalized spacial score (nSPS) is 22.7. The fourth-order valence-electron chi connectivity index (χ4n) is 6.51. The fourth-order valence-corrected chi connectivity index (χ4v) is 6.51. The quantitative estimate of drug-likeness (QED) is 0.309. The third-order valence-corrected chi connectivity index (χ3v) is 8.57. The Hall–Kier alpha value is -2.95. The predicted octanol–water partition coefficient (Wildman–Crippen LogP) is 5.24. The van der Waals surface area contributed by atoms with Crippen LogP contribution in [0.5, 0.6) is 0 Å². The van der Waals surface area contributed by atoms with E-state index in [0.29, 0.717) is 23.6 Å². The van der Waals surface area contributed by atoms with Crippen LogP contribution in [0.25, 0.3) is 0 Å². The van der Waals surface area contributed by atoms with Gasteiger partial charge in [-0.3, -0.25) is 4.79 Å². The number of anilines is 1. The average Bonchev–Trinajstić information content (AvgIpc) is 3.63. The molecule has 3 aliphatic rings. The zero-order chi connectivity index (χ0) is 24.5. The van der Waals surface area contributed by atoms with Crippen molar-refractivity contribution in [3.05, 3.63) is 101 Å². The van der Waals surface area contributed by atoms with E-state index >= 15 is 0 Å². The smallest absolute Gasteiger partial charge is 0.167 e. The summed E-state index contributed by atoms with van der Waals surface area (Å²) in [4.78, 5) is 15.2. The molecule has 3 N–H and O–H groups in total. The zero-order valence-corrected chi connectivity index (χ0v) is 21.0. The molecule has 0 bridgehead atoms. The summed E-state index contributed by atoms with van der Waals surface area (Å²) in [6, 6.07) is 28.2. The number of para-hydroxylation sites is 1. The molecular formula is C32H37N3O. The third kappa shape index (κ3) is 5.11. The van der Waals surface area contributed by atoms with E-state index in [9.17, 15) is 4.79 Å². The van der Waals surface area contributed by atoms with Gasteiger partial charge in [-0.05, 0) is 66.8 Å². The van der Waals surface area contributed by atoms with E-state index in [2.05, 4.69) is 52.7 Å². The van der Waals surface area contributed by atoms with E-state index in [1.807, 2.05) is 36.4 Å². The highest BCUT2D eigenvalue weighted by atomic mass is 16.1. The number of hydrogen-bond acceptors (Lipinski definition) is 4. The maximum absolute atomic E-state index is 12.6. The zero-order valence-electron chi connectivity index (χ0n) is 21.0. The molecule has 2 atom stereocenters. The van der Waals surface area contributed by atoms with Crippen molar-refractivity contribution in [3.8, 4) is 0 Å². The Balaban J connectivity index is 0.875. The second-order valence-electron chi connectivity index (χ2n) is 11.4. The minimum absolute atomic E-state index is 0.121. The van der Waals surface area contributed by atoms with E-state index < -0.39 is 0 Å². The average molecular weight is 480 g/mol. The summed E-state index contributed by atoms with van der Waals surface area (Å²) in [5.74, 6) is 0.853. The van der Waals surface area contributed by atoms with Crippen molar-refractivity contribution in [2.45, 2.75) is 56.5 Å². The molecule has 6 rings (SSSR count). The number of aryl methyl sites for hydroxylation is 1. The summed E-state index contributed by atoms with van der Waals surface area (Å²) in [5.41, 5.74) is 11.7. The maximum atomic E-state index is 12.6. The minimum atomic E-state index is 0.121. The molecule has 0 radical (unpaired) electrons. The number of benzene rings is 3. The Morgan fingerprint density at radius 1 is 0.944 bits per heavy atom. The topological polar surface area (TPSA) is 58.4 Å². The van der Waals surface area contributed by atoms with Crippen molar-refractivity contribution in [2.75, 3.05) is 25.4 Å². The van der Waals surface area contributed by atoms with Gasteiger partial charge in [-0.15, -0.1) is 0 Å². The van der Waals surface area contributed by atoms with Crippen LogP contribution in [0.2, 0.25) is 0 Å². The molecule has 2 saturated carbocycles. The molecule has 3 aromatic carbocycles. The second-order valence-corrected chi connectivity index (χ2v) is 11.4. The number of carbonyl (C=O) groups excluding carboxylic acids is 1. The van der Waals surface area contributed by atoms with Crippen LogP contribution in [0.4, 0.5) is 5.69 Å². The number of carbonyl (C=O) groups is 1. The lowest BCUT2D eigenvalue weighted by Crippen LogP contribution is -2.66. The number of rotatable bonds is 10. The lowest BCUT2D eigenvalue weighted by Gasteiger charge is -2.59. The maximum Gasteiger partial charge on any atom is 0.167 e. The van der Waals surface area contributed by atoms with Crippen LogP contribution < -0.4 is 11.1 Å². The van der Waals surface area contributed by atoms with Crippen molar-refractivity contribution < 1.29 is 4.79 Å². The first-order valence-electron chi connectivity index (χ1n) is 13.6. The molecule has 2 unspecified atom stereocenters. The molecule has 0 amide bonds. The SMILES string of the molecule is Nc1ccccc1CC(=O)c1ccc(CCCN2CC3(CC(NC4CC4c4ccccc4)C3)C2)cc1. The first-order chi connectivity index (χ1) is 17.6. The van der Waals surface area contributed by atoms with Crippen LogP contribution in [-0.2, 0) is 12.8 Å². The third-order valence-electron chi connectivity index (χ3n) is 8.57. The summed E-state index contributed by atoms with van der Waals surface area (Å²) in [6.45, 7) is 3.72. The Kier molecular flexibility index (Phi) is 6.41. The van der Waals surface area contributed by atoms with E-state index in [4.69, 9.17) is 5.73 Å². The van der Waals surface area contributed by atoms with Crippen LogP contribution in [0.3, 0.4) is 0 Å². The van der Waals surface area contributed by atoms with Crippen molar-refractivity contribution in [3.63, 3.8) is 0 Å². The summed E-state index contributed by atoms with van der Waals surface area (Å²) in [5, 5.41) is 3.92. The Morgan fingerprint density at radius 2 is 1.67 bits per heavy atom. The van der Waals surface area contributed by atoms with Crippen LogP contribution in [0.1, 0.15) is 58.6 Å². The molecule has 3 aromatic rings. The molecule has 1 spiro atoms. The van der Waals surface area contributed by atoms with Crippen molar-refractivity contribution in [1.29, 1.82) is 0 Å². The predicted molar refractivity (Wildman–Crippen MR) is 146 cm³/mol. The van der Waals surface area contributed by atoms with Gasteiger partial charge in [0.25, 0.3) is 0 Å². The van der Waals surface area contributed by atoms with Crippen LogP contribution in [0, 0.1) is 5.41 Å². The highest BCUT2D eigenvalue weighted by molar-refractivity contribution is 5.98. The molecule has 1 saturated heterocycles. The van der Waals surface area contributed by atoms with Gasteiger partial charge in [0, 0.05) is 48.8 Å². The van der Waals surface area contributed by atoms with Gasteiger partial charge < -0.3 is 16.0 Å². The monoisotopic (exact) mass is 479 g/mol. The van der Waals surface area contributed by atoms with Gasteiger partial charge in [0.2, 0.25) is 0 Å². The first-order valence-corrected chi connectivity index (χ1v) is 13.6. The van der Waals surface area contributed by atoms with Gasteiger partial charge in [0.15, 0.2) is 5.78 Å². The minimum Gasteiger partial charge on any atom is -0.398 e. The Bertz CT molecular complexity index is 1190. The molecule has 3 fully saturated rings. The molecular weight excluding hydrogens is 442 g/mol. The summed E-state index contributed by atoms with van der Waals surface area (Å²) >= 11 is 0. The van der Waals surface area contributed by atoms with Crippen molar-refractivity contribution >= 4 is 11.5 Å². The summed E-state index contributed by atoms with van der Waals surface area (Å²) in [6.07, 6.45) is 6.60. The van der Waals surface area contributed by atoms with E-state index in [0.717, 1.165) is 29.5 Å². The second kappa shape index (κ2) is 9.84. The van der Waals surface area contributed by atoms with Crippen molar-refractivity contribution in [1.82, 2.24) is 10.2 Å². The molecule has 1 heterocycles. The number of nitrogen functional groups attached to an aromatic ring is 1. The van der Waals surface area contributed by atoms with Crippen LogP contribution in [0.15, 0.2) is 78.9 Å². The van der Waals surface area contributed by atoms with E-state index in [1.54, 1.807) is 0 Å². The molecule has 186 valence electrons. The standard InChI is InChI=1S/C32H37N3O/c33-29-11-5-4-10-26(29)17-31(36)25-14-12-23(13-15-25)7-6-16-35-21-32(22-35)19-27(20-32)34-30-18-28(30)24-8-2-1-3-9-24/h1-5,8-15,27-28,30,34H,6-7,16-22,33H2. The number of likely N-dealkylation sites (tertiary alicyclic amines) is 1. The van der Waals surface area contributed by atoms with Gasteiger partial charge >= 0.3 is 0 Å². The Labute approximate surface area is 214 Å².